The molecule has 0 saturated heterocycles. The van der Waals surface area contributed by atoms with Crippen LogP contribution in [0.15, 0.2) is 18.2 Å². The van der Waals surface area contributed by atoms with Gasteiger partial charge in [-0.25, -0.2) is 4.39 Å². The molecule has 1 aromatic rings. The van der Waals surface area contributed by atoms with Crippen molar-refractivity contribution in [2.75, 3.05) is 6.61 Å². The van der Waals surface area contributed by atoms with E-state index in [0.717, 1.165) is 5.56 Å². The van der Waals surface area contributed by atoms with Gasteiger partial charge < -0.3 is 4.74 Å². The van der Waals surface area contributed by atoms with Gasteiger partial charge in [0.05, 0.1) is 6.61 Å². The fourth-order valence-electron chi connectivity index (χ4n) is 1.04. The summed E-state index contributed by atoms with van der Waals surface area (Å²) < 4.78 is 18.2. The average Bonchev–Trinajstić information content (AvgIpc) is 2.10. The van der Waals surface area contributed by atoms with E-state index in [-0.39, 0.29) is 11.6 Å². The molecule has 0 amide bonds. The Labute approximate surface area is 76.7 Å². The van der Waals surface area contributed by atoms with E-state index in [9.17, 15) is 4.39 Å². The normalized spacial score (nSPS) is 10.1. The summed E-state index contributed by atoms with van der Waals surface area (Å²) >= 11 is 0. The molecular weight excluding hydrogens is 171 g/mol. The molecule has 0 saturated carbocycles. The zero-order valence-electron chi connectivity index (χ0n) is 7.51. The first-order valence-electron chi connectivity index (χ1n) is 4.12. The van der Waals surface area contributed by atoms with Gasteiger partial charge in [0, 0.05) is 6.54 Å². The van der Waals surface area contributed by atoms with Crippen LogP contribution in [-0.2, 0) is 6.54 Å². The van der Waals surface area contributed by atoms with Gasteiger partial charge in [-0.1, -0.05) is 6.07 Å². The smallest absolute Gasteiger partial charge is 0.165 e. The van der Waals surface area contributed by atoms with Crippen LogP contribution in [0.5, 0.6) is 5.75 Å². The van der Waals surface area contributed by atoms with E-state index in [1.807, 2.05) is 6.92 Å². The molecule has 3 nitrogen and oxygen atoms in total. The molecule has 0 aliphatic heterocycles. The highest BCUT2D eigenvalue weighted by molar-refractivity contribution is 5.29. The van der Waals surface area contributed by atoms with Gasteiger partial charge >= 0.3 is 0 Å². The molecule has 1 rings (SSSR count). The van der Waals surface area contributed by atoms with Crippen LogP contribution >= 0.6 is 0 Å². The fourth-order valence-corrected chi connectivity index (χ4v) is 1.04. The molecule has 0 aromatic heterocycles. The maximum absolute atomic E-state index is 13.2. The van der Waals surface area contributed by atoms with Crippen LogP contribution < -0.4 is 16.0 Å². The Kier molecular flexibility index (Phi) is 3.67. The van der Waals surface area contributed by atoms with Gasteiger partial charge in [0.1, 0.15) is 0 Å². The molecule has 0 aliphatic carbocycles. The molecule has 0 spiro atoms. The Morgan fingerprint density at radius 3 is 2.85 bits per heavy atom. The first-order chi connectivity index (χ1) is 6.27. The summed E-state index contributed by atoms with van der Waals surface area (Å²) in [5.74, 6) is 5.03. The van der Waals surface area contributed by atoms with Crippen molar-refractivity contribution in [2.24, 2.45) is 5.84 Å². The number of ether oxygens (including phenoxy) is 1. The number of rotatable bonds is 4. The first-order valence-corrected chi connectivity index (χ1v) is 4.12. The monoisotopic (exact) mass is 184 g/mol. The summed E-state index contributed by atoms with van der Waals surface area (Å²) in [5, 5.41) is 0. The maximum Gasteiger partial charge on any atom is 0.165 e. The van der Waals surface area contributed by atoms with E-state index >= 15 is 0 Å². The molecule has 0 fully saturated rings. The summed E-state index contributed by atoms with van der Waals surface area (Å²) in [4.78, 5) is 0. The van der Waals surface area contributed by atoms with E-state index in [1.165, 1.54) is 6.07 Å². The van der Waals surface area contributed by atoms with Crippen molar-refractivity contribution in [2.45, 2.75) is 13.5 Å². The molecule has 4 heteroatoms. The lowest BCUT2D eigenvalue weighted by Crippen LogP contribution is -2.20. The largest absolute Gasteiger partial charge is 0.491 e. The molecule has 0 unspecified atom stereocenters. The van der Waals surface area contributed by atoms with Gasteiger partial charge in [-0.15, -0.1) is 0 Å². The zero-order valence-corrected chi connectivity index (χ0v) is 7.51. The second kappa shape index (κ2) is 4.79. The summed E-state index contributed by atoms with van der Waals surface area (Å²) in [6.07, 6.45) is 0. The van der Waals surface area contributed by atoms with E-state index in [2.05, 4.69) is 5.43 Å². The number of nitrogens with two attached hydrogens (primary N) is 1. The third kappa shape index (κ3) is 2.68. The zero-order chi connectivity index (χ0) is 9.68. The van der Waals surface area contributed by atoms with Crippen LogP contribution in [-0.4, -0.2) is 6.61 Å². The van der Waals surface area contributed by atoms with Crippen molar-refractivity contribution in [3.63, 3.8) is 0 Å². The molecule has 0 bridgehead atoms. The summed E-state index contributed by atoms with van der Waals surface area (Å²) in [6.45, 7) is 2.73. The van der Waals surface area contributed by atoms with Gasteiger partial charge in [0.2, 0.25) is 0 Å². The second-order valence-corrected chi connectivity index (χ2v) is 2.58. The number of hydrogen-bond donors (Lipinski definition) is 2. The Morgan fingerprint density at radius 1 is 1.54 bits per heavy atom. The van der Waals surface area contributed by atoms with Gasteiger partial charge in [-0.05, 0) is 24.6 Å². The minimum Gasteiger partial charge on any atom is -0.491 e. The Hall–Kier alpha value is -1.13. The van der Waals surface area contributed by atoms with Crippen LogP contribution in [0.3, 0.4) is 0 Å². The SMILES string of the molecule is CCOc1ccc(CNN)cc1F. The summed E-state index contributed by atoms with van der Waals surface area (Å²) in [5.41, 5.74) is 3.25. The molecule has 72 valence electrons. The predicted molar refractivity (Wildman–Crippen MR) is 48.6 cm³/mol. The van der Waals surface area contributed by atoms with Gasteiger partial charge in [-0.2, -0.15) is 0 Å². The number of hydrogen-bond acceptors (Lipinski definition) is 3. The first kappa shape index (κ1) is 9.95. The number of benzene rings is 1. The molecule has 0 atom stereocenters. The Bertz CT molecular complexity index is 278. The Morgan fingerprint density at radius 2 is 2.31 bits per heavy atom. The standard InChI is InChI=1S/C9H13FN2O/c1-2-13-9-4-3-7(6-12-11)5-8(9)10/h3-5,12H,2,6,11H2,1H3. The molecular formula is C9H13FN2O. The summed E-state index contributed by atoms with van der Waals surface area (Å²) in [6, 6.07) is 4.78. The number of halogens is 1. The van der Waals surface area contributed by atoms with Gasteiger partial charge in [0.15, 0.2) is 11.6 Å². The second-order valence-electron chi connectivity index (χ2n) is 2.58. The third-order valence-corrected chi connectivity index (χ3v) is 1.60. The van der Waals surface area contributed by atoms with Gasteiger partial charge in [0.25, 0.3) is 0 Å². The van der Waals surface area contributed by atoms with Crippen molar-refractivity contribution in [1.82, 2.24) is 5.43 Å². The fraction of sp³-hybridized carbons (Fsp3) is 0.333. The van der Waals surface area contributed by atoms with Crippen molar-refractivity contribution >= 4 is 0 Å². The van der Waals surface area contributed by atoms with Crippen molar-refractivity contribution in [3.8, 4) is 5.75 Å². The topological polar surface area (TPSA) is 47.3 Å². The molecule has 13 heavy (non-hydrogen) atoms. The molecule has 0 heterocycles. The third-order valence-electron chi connectivity index (χ3n) is 1.60. The lowest BCUT2D eigenvalue weighted by molar-refractivity contribution is 0.321. The highest BCUT2D eigenvalue weighted by atomic mass is 19.1. The van der Waals surface area contributed by atoms with E-state index in [0.29, 0.717) is 13.2 Å². The lowest BCUT2D eigenvalue weighted by atomic mass is 10.2. The number of nitrogens with one attached hydrogen (secondary N) is 1. The quantitative estimate of drug-likeness (QED) is 0.545. The number of hydrazine groups is 1. The van der Waals surface area contributed by atoms with Crippen molar-refractivity contribution in [1.29, 1.82) is 0 Å². The van der Waals surface area contributed by atoms with Crippen LogP contribution in [0.25, 0.3) is 0 Å². The van der Waals surface area contributed by atoms with Crippen LogP contribution in [0.2, 0.25) is 0 Å². The molecule has 3 N–H and O–H groups in total. The van der Waals surface area contributed by atoms with E-state index in [4.69, 9.17) is 10.6 Å². The van der Waals surface area contributed by atoms with Crippen molar-refractivity contribution in [3.05, 3.63) is 29.6 Å². The van der Waals surface area contributed by atoms with E-state index in [1.54, 1.807) is 12.1 Å². The summed E-state index contributed by atoms with van der Waals surface area (Å²) in [7, 11) is 0. The minimum absolute atomic E-state index is 0.281. The highest BCUT2D eigenvalue weighted by Gasteiger charge is 2.02. The van der Waals surface area contributed by atoms with Crippen LogP contribution in [0, 0.1) is 5.82 Å². The Balaban J connectivity index is 2.79. The maximum atomic E-state index is 13.2. The van der Waals surface area contributed by atoms with E-state index < -0.39 is 0 Å². The lowest BCUT2D eigenvalue weighted by Gasteiger charge is -2.06. The van der Waals surface area contributed by atoms with Crippen LogP contribution in [0.4, 0.5) is 4.39 Å². The molecule has 1 aromatic carbocycles. The van der Waals surface area contributed by atoms with Crippen molar-refractivity contribution < 1.29 is 9.13 Å². The van der Waals surface area contributed by atoms with Gasteiger partial charge in [-0.3, -0.25) is 11.3 Å². The minimum atomic E-state index is -0.352. The predicted octanol–water partition coefficient (Wildman–Crippen LogP) is 1.19. The van der Waals surface area contributed by atoms with Crippen LogP contribution in [0.1, 0.15) is 12.5 Å². The molecule has 0 aliphatic rings. The average molecular weight is 184 g/mol. The highest BCUT2D eigenvalue weighted by Crippen LogP contribution is 2.17. The molecule has 0 radical (unpaired) electrons.